The standard InChI is InChI=1S/C15H12N4OS2/c1-9(14-18-13(19-20-14)12-7-4-8-21-12)22-15-16-10-5-2-3-6-11(10)17-15/h2-9H,1H3,(H,16,17). The molecule has 7 heteroatoms. The number of thiophene rings is 1. The monoisotopic (exact) mass is 328 g/mol. The molecular weight excluding hydrogens is 316 g/mol. The maximum absolute atomic E-state index is 5.38. The molecule has 0 amide bonds. The third-order valence-electron chi connectivity index (χ3n) is 3.19. The fourth-order valence-electron chi connectivity index (χ4n) is 2.11. The van der Waals surface area contributed by atoms with E-state index in [-0.39, 0.29) is 5.25 Å². The first-order valence-electron chi connectivity index (χ1n) is 6.78. The molecule has 1 unspecified atom stereocenters. The predicted octanol–water partition coefficient (Wildman–Crippen LogP) is 4.53. The maximum Gasteiger partial charge on any atom is 0.240 e. The largest absolute Gasteiger partial charge is 0.338 e. The summed E-state index contributed by atoms with van der Waals surface area (Å²) >= 11 is 3.17. The van der Waals surface area contributed by atoms with E-state index in [4.69, 9.17) is 4.52 Å². The third-order valence-corrected chi connectivity index (χ3v) is 5.02. The fourth-order valence-corrected chi connectivity index (χ4v) is 3.61. The van der Waals surface area contributed by atoms with E-state index < -0.39 is 0 Å². The van der Waals surface area contributed by atoms with Crippen LogP contribution in [0.1, 0.15) is 18.1 Å². The molecule has 1 atom stereocenters. The molecule has 4 rings (SSSR count). The van der Waals surface area contributed by atoms with E-state index in [1.807, 2.05) is 48.7 Å². The van der Waals surface area contributed by atoms with Crippen LogP contribution in [-0.2, 0) is 0 Å². The van der Waals surface area contributed by atoms with Crippen molar-refractivity contribution >= 4 is 34.1 Å². The van der Waals surface area contributed by atoms with Crippen molar-refractivity contribution in [1.29, 1.82) is 0 Å². The van der Waals surface area contributed by atoms with Gasteiger partial charge in [-0.3, -0.25) is 0 Å². The Labute approximate surface area is 134 Å². The van der Waals surface area contributed by atoms with Crippen LogP contribution in [0.3, 0.4) is 0 Å². The molecule has 110 valence electrons. The topological polar surface area (TPSA) is 67.6 Å². The molecule has 3 heterocycles. The second-order valence-electron chi connectivity index (χ2n) is 4.75. The van der Waals surface area contributed by atoms with Crippen LogP contribution in [0.4, 0.5) is 0 Å². The van der Waals surface area contributed by atoms with Crippen LogP contribution in [0.5, 0.6) is 0 Å². The summed E-state index contributed by atoms with van der Waals surface area (Å²) in [6.07, 6.45) is 0. The van der Waals surface area contributed by atoms with Crippen LogP contribution in [0, 0.1) is 0 Å². The first-order chi connectivity index (χ1) is 10.8. The summed E-state index contributed by atoms with van der Waals surface area (Å²) in [5.41, 5.74) is 1.99. The number of fused-ring (bicyclic) bond motifs is 1. The molecule has 0 aliphatic heterocycles. The van der Waals surface area contributed by atoms with Crippen molar-refractivity contribution in [2.24, 2.45) is 0 Å². The quantitative estimate of drug-likeness (QED) is 0.558. The molecule has 0 fully saturated rings. The first kappa shape index (κ1) is 13.5. The van der Waals surface area contributed by atoms with Crippen LogP contribution in [0.15, 0.2) is 51.5 Å². The summed E-state index contributed by atoms with van der Waals surface area (Å²) in [6, 6.07) is 11.9. The molecule has 22 heavy (non-hydrogen) atoms. The molecule has 4 aromatic rings. The number of aromatic nitrogens is 4. The lowest BCUT2D eigenvalue weighted by molar-refractivity contribution is 0.381. The van der Waals surface area contributed by atoms with E-state index in [0.29, 0.717) is 11.7 Å². The van der Waals surface area contributed by atoms with Gasteiger partial charge in [-0.2, -0.15) is 4.98 Å². The average molecular weight is 328 g/mol. The van der Waals surface area contributed by atoms with E-state index in [1.54, 1.807) is 23.1 Å². The Bertz CT molecular complexity index is 864. The summed E-state index contributed by atoms with van der Waals surface area (Å²) in [4.78, 5) is 13.3. The minimum absolute atomic E-state index is 0.0294. The Kier molecular flexibility index (Phi) is 3.44. The number of nitrogens with one attached hydrogen (secondary N) is 1. The van der Waals surface area contributed by atoms with Gasteiger partial charge < -0.3 is 9.51 Å². The number of rotatable bonds is 4. The minimum Gasteiger partial charge on any atom is -0.338 e. The second kappa shape index (κ2) is 5.58. The fraction of sp³-hybridized carbons (Fsp3) is 0.133. The summed E-state index contributed by atoms with van der Waals surface area (Å²) in [7, 11) is 0. The molecule has 0 radical (unpaired) electrons. The van der Waals surface area contributed by atoms with Crippen molar-refractivity contribution < 1.29 is 4.52 Å². The third kappa shape index (κ3) is 2.53. The second-order valence-corrected chi connectivity index (χ2v) is 7.03. The molecule has 3 aromatic heterocycles. The number of benzene rings is 1. The molecule has 1 aromatic carbocycles. The van der Waals surface area contributed by atoms with Gasteiger partial charge in [0.25, 0.3) is 0 Å². The zero-order chi connectivity index (χ0) is 14.9. The molecular formula is C15H12N4OS2. The Balaban J connectivity index is 1.55. The highest BCUT2D eigenvalue weighted by Crippen LogP contribution is 2.34. The maximum atomic E-state index is 5.38. The normalized spacial score (nSPS) is 12.8. The van der Waals surface area contributed by atoms with Gasteiger partial charge in [-0.15, -0.1) is 11.3 Å². The van der Waals surface area contributed by atoms with Crippen LogP contribution in [0.25, 0.3) is 21.7 Å². The Morgan fingerprint density at radius 3 is 2.91 bits per heavy atom. The molecule has 0 aliphatic rings. The summed E-state index contributed by atoms with van der Waals surface area (Å²) < 4.78 is 5.38. The predicted molar refractivity (Wildman–Crippen MR) is 88.0 cm³/mol. The van der Waals surface area contributed by atoms with Gasteiger partial charge in [0.2, 0.25) is 11.7 Å². The number of thioether (sulfide) groups is 1. The summed E-state index contributed by atoms with van der Waals surface area (Å²) in [6.45, 7) is 2.03. The summed E-state index contributed by atoms with van der Waals surface area (Å²) in [5.74, 6) is 1.25. The van der Waals surface area contributed by atoms with E-state index >= 15 is 0 Å². The highest BCUT2D eigenvalue weighted by atomic mass is 32.2. The van der Waals surface area contributed by atoms with Crippen molar-refractivity contribution in [3.63, 3.8) is 0 Å². The van der Waals surface area contributed by atoms with Crippen LogP contribution in [-0.4, -0.2) is 20.1 Å². The number of para-hydroxylation sites is 2. The number of nitrogens with zero attached hydrogens (tertiary/aromatic N) is 3. The van der Waals surface area contributed by atoms with Gasteiger partial charge >= 0.3 is 0 Å². The molecule has 0 aliphatic carbocycles. The van der Waals surface area contributed by atoms with Crippen molar-refractivity contribution in [2.45, 2.75) is 17.3 Å². The van der Waals surface area contributed by atoms with Gasteiger partial charge in [0.05, 0.1) is 21.2 Å². The van der Waals surface area contributed by atoms with Crippen molar-refractivity contribution in [3.05, 3.63) is 47.7 Å². The highest BCUT2D eigenvalue weighted by Gasteiger charge is 2.18. The van der Waals surface area contributed by atoms with Gasteiger partial charge in [-0.05, 0) is 30.5 Å². The lowest BCUT2D eigenvalue weighted by Crippen LogP contribution is -1.89. The molecule has 0 saturated heterocycles. The molecule has 0 saturated carbocycles. The van der Waals surface area contributed by atoms with E-state index in [0.717, 1.165) is 21.1 Å². The first-order valence-corrected chi connectivity index (χ1v) is 8.54. The molecule has 0 spiro atoms. The number of H-pyrrole nitrogens is 1. The van der Waals surface area contributed by atoms with Crippen LogP contribution < -0.4 is 0 Å². The SMILES string of the molecule is CC(Sc1nc2ccccc2[nH]1)c1nc(-c2cccs2)no1. The number of hydrogen-bond donors (Lipinski definition) is 1. The lowest BCUT2D eigenvalue weighted by Gasteiger charge is -2.02. The molecule has 5 nitrogen and oxygen atoms in total. The Hall–Kier alpha value is -2.12. The number of hydrogen-bond acceptors (Lipinski definition) is 6. The lowest BCUT2D eigenvalue weighted by atomic mass is 10.3. The summed E-state index contributed by atoms with van der Waals surface area (Å²) in [5, 5.41) is 6.92. The highest BCUT2D eigenvalue weighted by molar-refractivity contribution is 7.99. The molecule has 1 N–H and O–H groups in total. The van der Waals surface area contributed by atoms with Crippen molar-refractivity contribution in [3.8, 4) is 10.7 Å². The smallest absolute Gasteiger partial charge is 0.240 e. The van der Waals surface area contributed by atoms with Crippen molar-refractivity contribution in [1.82, 2.24) is 20.1 Å². The van der Waals surface area contributed by atoms with Gasteiger partial charge in [0.15, 0.2) is 5.16 Å². The Morgan fingerprint density at radius 2 is 2.09 bits per heavy atom. The average Bonchev–Trinajstić information content (AvgIpc) is 3.26. The van der Waals surface area contributed by atoms with Crippen LogP contribution in [0.2, 0.25) is 0 Å². The molecule has 0 bridgehead atoms. The Morgan fingerprint density at radius 1 is 1.18 bits per heavy atom. The van der Waals surface area contributed by atoms with Gasteiger partial charge in [-0.1, -0.05) is 35.1 Å². The van der Waals surface area contributed by atoms with E-state index in [2.05, 4.69) is 20.1 Å². The zero-order valence-corrected chi connectivity index (χ0v) is 13.3. The van der Waals surface area contributed by atoms with E-state index in [1.165, 1.54) is 0 Å². The van der Waals surface area contributed by atoms with E-state index in [9.17, 15) is 0 Å². The number of imidazole rings is 1. The zero-order valence-electron chi connectivity index (χ0n) is 11.7. The number of aromatic amines is 1. The van der Waals surface area contributed by atoms with Crippen LogP contribution >= 0.6 is 23.1 Å². The van der Waals surface area contributed by atoms with Gasteiger partial charge in [0, 0.05) is 0 Å². The van der Waals surface area contributed by atoms with Crippen molar-refractivity contribution in [2.75, 3.05) is 0 Å². The van der Waals surface area contributed by atoms with Gasteiger partial charge in [0.1, 0.15) is 0 Å². The van der Waals surface area contributed by atoms with Gasteiger partial charge in [-0.25, -0.2) is 4.98 Å². The minimum atomic E-state index is 0.0294.